The van der Waals surface area contributed by atoms with Gasteiger partial charge in [0.25, 0.3) is 0 Å². The van der Waals surface area contributed by atoms with E-state index in [1.54, 1.807) is 23.9 Å². The molecule has 5 aromatic rings. The molecule has 6 rings (SSSR count). The quantitative estimate of drug-likeness (QED) is 0.113. The normalized spacial score (nSPS) is 20.8. The number of thioether (sulfide) groups is 1. The van der Waals surface area contributed by atoms with Gasteiger partial charge in [0.1, 0.15) is 23.7 Å². The molecule has 0 saturated carbocycles. The molecule has 0 unspecified atom stereocenters. The largest absolute Gasteiger partial charge is 0.453 e. The molecule has 0 radical (unpaired) electrons. The first-order valence-electron chi connectivity index (χ1n) is 15.8. The zero-order chi connectivity index (χ0) is 32.1. The van der Waals surface area contributed by atoms with E-state index in [-0.39, 0.29) is 6.61 Å². The fraction of sp³-hybridized carbons (Fsp3) is 0.225. The molecule has 1 saturated heterocycles. The number of carbonyl (C=O) groups is 1. The predicted molar refractivity (Wildman–Crippen MR) is 183 cm³/mol. The van der Waals surface area contributed by atoms with Crippen molar-refractivity contribution in [2.75, 3.05) is 6.61 Å². The van der Waals surface area contributed by atoms with E-state index < -0.39 is 35.8 Å². The molecule has 6 nitrogen and oxygen atoms in total. The van der Waals surface area contributed by atoms with Crippen LogP contribution >= 0.6 is 11.8 Å². The minimum atomic E-state index is -0.824. The Kier molecular flexibility index (Phi) is 11.9. The molecular weight excluding hydrogens is 609 g/mol. The molecule has 240 valence electrons. The molecule has 0 aliphatic carbocycles. The Bertz CT molecular complexity index is 1620. The minimum absolute atomic E-state index is 0.185. The zero-order valence-electron chi connectivity index (χ0n) is 26.0. The number of benzene rings is 5. The molecule has 5 aromatic carbocycles. The van der Waals surface area contributed by atoms with Crippen LogP contribution in [-0.2, 0) is 43.5 Å². The first kappa shape index (κ1) is 32.7. The van der Waals surface area contributed by atoms with Crippen LogP contribution in [0, 0.1) is 0 Å². The third-order valence-electron chi connectivity index (χ3n) is 7.80. The van der Waals surface area contributed by atoms with Crippen molar-refractivity contribution in [2.24, 2.45) is 0 Å². The first-order chi connectivity index (χ1) is 23.2. The molecule has 0 N–H and O–H groups in total. The Hall–Kier alpha value is -4.24. The highest BCUT2D eigenvalue weighted by Gasteiger charge is 2.50. The number of rotatable bonds is 14. The lowest BCUT2D eigenvalue weighted by atomic mass is 9.98. The van der Waals surface area contributed by atoms with E-state index in [1.165, 1.54) is 0 Å². The van der Waals surface area contributed by atoms with E-state index in [1.807, 2.05) is 140 Å². The van der Waals surface area contributed by atoms with E-state index >= 15 is 0 Å². The van der Waals surface area contributed by atoms with Crippen LogP contribution in [0.5, 0.6) is 0 Å². The van der Waals surface area contributed by atoms with Gasteiger partial charge in [-0.3, -0.25) is 0 Å². The summed E-state index contributed by atoms with van der Waals surface area (Å²) in [6.07, 6.45) is -2.73. The highest BCUT2D eigenvalue weighted by Crippen LogP contribution is 2.38. The van der Waals surface area contributed by atoms with Crippen LogP contribution in [-0.4, -0.2) is 42.4 Å². The van der Waals surface area contributed by atoms with E-state index in [2.05, 4.69) is 0 Å². The van der Waals surface area contributed by atoms with Crippen molar-refractivity contribution in [3.05, 3.63) is 174 Å². The van der Waals surface area contributed by atoms with Gasteiger partial charge in [-0.1, -0.05) is 139 Å². The van der Waals surface area contributed by atoms with Crippen molar-refractivity contribution >= 4 is 17.7 Å². The number of carbonyl (C=O) groups excluding carboxylic acids is 1. The third kappa shape index (κ3) is 9.41. The molecule has 1 heterocycles. The van der Waals surface area contributed by atoms with Gasteiger partial charge in [0.15, 0.2) is 6.10 Å². The van der Waals surface area contributed by atoms with Gasteiger partial charge in [-0.25, -0.2) is 4.79 Å². The molecule has 5 atom stereocenters. The lowest BCUT2D eigenvalue weighted by Crippen LogP contribution is -2.60. The Morgan fingerprint density at radius 1 is 0.553 bits per heavy atom. The number of hydrogen-bond acceptors (Lipinski definition) is 7. The number of hydrogen-bond donors (Lipinski definition) is 0. The lowest BCUT2D eigenvalue weighted by molar-refractivity contribution is -0.240. The fourth-order valence-electron chi connectivity index (χ4n) is 5.42. The maximum atomic E-state index is 13.6. The summed E-state index contributed by atoms with van der Waals surface area (Å²) in [6.45, 7) is 1.21. The minimum Gasteiger partial charge on any atom is -0.453 e. The second-order valence-electron chi connectivity index (χ2n) is 11.2. The van der Waals surface area contributed by atoms with Gasteiger partial charge in [-0.15, -0.1) is 0 Å². The Morgan fingerprint density at radius 3 is 1.57 bits per heavy atom. The molecule has 0 aromatic heterocycles. The van der Waals surface area contributed by atoms with E-state index in [9.17, 15) is 4.79 Å². The molecule has 1 aliphatic rings. The summed E-state index contributed by atoms with van der Waals surface area (Å²) in [5.41, 5.74) is 3.01. The second-order valence-corrected chi connectivity index (χ2v) is 12.4. The van der Waals surface area contributed by atoms with Gasteiger partial charge in [0, 0.05) is 4.90 Å². The summed E-state index contributed by atoms with van der Waals surface area (Å²) in [6, 6.07) is 49.0. The average Bonchev–Trinajstić information content (AvgIpc) is 3.13. The van der Waals surface area contributed by atoms with E-state index in [4.69, 9.17) is 23.7 Å². The summed E-state index contributed by atoms with van der Waals surface area (Å²) >= 11 is 1.56. The molecule has 7 heteroatoms. The summed E-state index contributed by atoms with van der Waals surface area (Å²) in [4.78, 5) is 14.6. The van der Waals surface area contributed by atoms with Gasteiger partial charge in [0.05, 0.1) is 32.0 Å². The molecule has 0 spiro atoms. The Labute approximate surface area is 280 Å². The maximum Gasteiger partial charge on any atom is 0.338 e. The standard InChI is InChI=1S/C40H38O6S/c41-39(33-22-12-4-13-23-33)46-36-35(29-42-26-30-16-6-1-7-17-30)45-40(47-34-24-14-5-15-25-34)38(44-28-32-20-10-3-11-21-32)37(36)43-27-31-18-8-2-9-19-31/h1-25,35-38,40H,26-29H2/t35-,36-,37+,38-,40+/m1/s1. The Balaban J connectivity index is 1.33. The summed E-state index contributed by atoms with van der Waals surface area (Å²) in [5, 5.41) is 0. The van der Waals surface area contributed by atoms with Gasteiger partial charge < -0.3 is 23.7 Å². The van der Waals surface area contributed by atoms with E-state index in [0.29, 0.717) is 25.4 Å². The van der Waals surface area contributed by atoms with E-state index in [0.717, 1.165) is 21.6 Å². The average molecular weight is 647 g/mol. The highest BCUT2D eigenvalue weighted by atomic mass is 32.2. The van der Waals surface area contributed by atoms with Gasteiger partial charge in [0.2, 0.25) is 0 Å². The number of ether oxygens (including phenoxy) is 5. The van der Waals surface area contributed by atoms with Crippen molar-refractivity contribution in [3.63, 3.8) is 0 Å². The molecule has 0 amide bonds. The zero-order valence-corrected chi connectivity index (χ0v) is 26.8. The molecule has 0 bridgehead atoms. The summed E-state index contributed by atoms with van der Waals surface area (Å²) in [5.74, 6) is -0.462. The van der Waals surface area contributed by atoms with Gasteiger partial charge >= 0.3 is 5.97 Å². The second kappa shape index (κ2) is 17.1. The first-order valence-corrected chi connectivity index (χ1v) is 16.7. The SMILES string of the molecule is O=C(O[C@H]1[C@H](OCc2ccccc2)[C@@H](OCc2ccccc2)[C@H](Sc2ccccc2)O[C@@H]1COCc1ccccc1)c1ccccc1. The predicted octanol–water partition coefficient (Wildman–Crippen LogP) is 8.12. The van der Waals surface area contributed by atoms with Crippen LogP contribution in [0.3, 0.4) is 0 Å². The molecular formula is C40H38O6S. The van der Waals surface area contributed by atoms with Crippen LogP contribution < -0.4 is 0 Å². The topological polar surface area (TPSA) is 63.2 Å². The lowest BCUT2D eigenvalue weighted by Gasteiger charge is -2.45. The molecule has 1 fully saturated rings. The third-order valence-corrected chi connectivity index (χ3v) is 8.96. The summed E-state index contributed by atoms with van der Waals surface area (Å²) in [7, 11) is 0. The summed E-state index contributed by atoms with van der Waals surface area (Å²) < 4.78 is 32.8. The van der Waals surface area contributed by atoms with Gasteiger partial charge in [-0.2, -0.15) is 0 Å². The number of esters is 1. The van der Waals surface area contributed by atoms with Gasteiger partial charge in [-0.05, 0) is 41.0 Å². The monoisotopic (exact) mass is 646 g/mol. The molecule has 47 heavy (non-hydrogen) atoms. The van der Waals surface area contributed by atoms with Crippen LogP contribution in [0.15, 0.2) is 157 Å². The Morgan fingerprint density at radius 2 is 1.02 bits per heavy atom. The van der Waals surface area contributed by atoms with Crippen molar-refractivity contribution in [1.82, 2.24) is 0 Å². The van der Waals surface area contributed by atoms with Crippen molar-refractivity contribution in [1.29, 1.82) is 0 Å². The smallest absolute Gasteiger partial charge is 0.338 e. The van der Waals surface area contributed by atoms with Crippen LogP contribution in [0.4, 0.5) is 0 Å². The van der Waals surface area contributed by atoms with Crippen molar-refractivity contribution < 1.29 is 28.5 Å². The maximum absolute atomic E-state index is 13.6. The van der Waals surface area contributed by atoms with Crippen molar-refractivity contribution in [2.45, 2.75) is 54.6 Å². The highest BCUT2D eigenvalue weighted by molar-refractivity contribution is 7.99. The van der Waals surface area contributed by atoms with Crippen molar-refractivity contribution in [3.8, 4) is 0 Å². The van der Waals surface area contributed by atoms with Crippen LogP contribution in [0.25, 0.3) is 0 Å². The fourth-order valence-corrected chi connectivity index (χ4v) is 6.56. The van der Waals surface area contributed by atoms with Crippen LogP contribution in [0.2, 0.25) is 0 Å². The van der Waals surface area contributed by atoms with Crippen LogP contribution in [0.1, 0.15) is 27.0 Å². The molecule has 1 aliphatic heterocycles.